The number of aromatic nitrogens is 4. The molecule has 0 radical (unpaired) electrons. The zero-order valence-corrected chi connectivity index (χ0v) is 43.3. The van der Waals surface area contributed by atoms with Crippen molar-refractivity contribution in [3.8, 4) is 112 Å². The lowest BCUT2D eigenvalue weighted by molar-refractivity contribution is 1.18. The zero-order chi connectivity index (χ0) is 50.1. The summed E-state index contributed by atoms with van der Waals surface area (Å²) in [4.78, 5) is 19.9. The quantitative estimate of drug-likeness (QED) is 0.137. The Kier molecular flexibility index (Phi) is 14.4. The largest absolute Gasteiger partial charge is 0.228 e. The van der Waals surface area contributed by atoms with E-state index in [0.29, 0.717) is 11.6 Å². The maximum absolute atomic E-state index is 5.00. The molecule has 10 aromatic carbocycles. The molecule has 2 heterocycles. The highest BCUT2D eigenvalue weighted by molar-refractivity contribution is 9.10. The van der Waals surface area contributed by atoms with Crippen LogP contribution in [0.25, 0.3) is 112 Å². The molecule has 4 nitrogen and oxygen atoms in total. The summed E-state index contributed by atoms with van der Waals surface area (Å²) < 4.78 is 2.08. The summed E-state index contributed by atoms with van der Waals surface area (Å²) in [5, 5.41) is 0. The number of halogens is 2. The van der Waals surface area contributed by atoms with Gasteiger partial charge in [0.15, 0.2) is 11.6 Å². The van der Waals surface area contributed by atoms with E-state index in [4.69, 9.17) is 19.9 Å². The minimum Gasteiger partial charge on any atom is -0.228 e. The molecule has 0 unspecified atom stereocenters. The smallest absolute Gasteiger partial charge is 0.160 e. The van der Waals surface area contributed by atoms with Crippen LogP contribution in [0.5, 0.6) is 0 Å². The van der Waals surface area contributed by atoms with Crippen molar-refractivity contribution in [2.75, 3.05) is 0 Å². The Balaban J connectivity index is 0.000000159. The third-order valence-electron chi connectivity index (χ3n) is 12.8. The van der Waals surface area contributed by atoms with E-state index in [0.717, 1.165) is 65.1 Å². The van der Waals surface area contributed by atoms with E-state index in [1.165, 1.54) is 44.5 Å². The van der Waals surface area contributed by atoms with Gasteiger partial charge >= 0.3 is 0 Å². The average molecular weight is 1080 g/mol. The first kappa shape index (κ1) is 47.6. The molecule has 0 fully saturated rings. The van der Waals surface area contributed by atoms with Crippen molar-refractivity contribution >= 4 is 31.9 Å². The monoisotopic (exact) mass is 1080 g/mol. The van der Waals surface area contributed by atoms with Crippen LogP contribution in [0, 0.1) is 0 Å². The Labute approximate surface area is 449 Å². The number of hydrogen-bond acceptors (Lipinski definition) is 4. The molecule has 12 rings (SSSR count). The van der Waals surface area contributed by atoms with Gasteiger partial charge in [-0.1, -0.05) is 275 Å². The lowest BCUT2D eigenvalue weighted by Gasteiger charge is -2.11. The van der Waals surface area contributed by atoms with Gasteiger partial charge in [-0.15, -0.1) is 0 Å². The van der Waals surface area contributed by atoms with Crippen molar-refractivity contribution in [1.29, 1.82) is 0 Å². The summed E-state index contributed by atoms with van der Waals surface area (Å²) in [5.74, 6) is 1.42. The van der Waals surface area contributed by atoms with E-state index >= 15 is 0 Å². The lowest BCUT2D eigenvalue weighted by atomic mass is 10.0. The first-order valence-corrected chi connectivity index (χ1v) is 26.0. The van der Waals surface area contributed by atoms with Crippen LogP contribution in [-0.2, 0) is 0 Å². The maximum Gasteiger partial charge on any atom is 0.160 e. The molecular weight excluding hydrogens is 1030 g/mol. The molecule has 74 heavy (non-hydrogen) atoms. The number of hydrogen-bond donors (Lipinski definition) is 0. The number of nitrogens with zero attached hydrogens (tertiary/aromatic N) is 4. The van der Waals surface area contributed by atoms with E-state index < -0.39 is 0 Å². The summed E-state index contributed by atoms with van der Waals surface area (Å²) in [5.41, 5.74) is 19.3. The molecule has 0 aliphatic carbocycles. The van der Waals surface area contributed by atoms with Gasteiger partial charge in [0.05, 0.1) is 22.8 Å². The lowest BCUT2D eigenvalue weighted by Crippen LogP contribution is -1.96. The van der Waals surface area contributed by atoms with Gasteiger partial charge in [-0.3, -0.25) is 0 Å². The fourth-order valence-corrected chi connectivity index (χ4v) is 9.33. The van der Waals surface area contributed by atoms with Crippen molar-refractivity contribution in [1.82, 2.24) is 19.9 Å². The van der Waals surface area contributed by atoms with Gasteiger partial charge in [0.1, 0.15) is 0 Å². The Morgan fingerprint density at radius 3 is 0.581 bits per heavy atom. The fourth-order valence-electron chi connectivity index (χ4n) is 8.80. The summed E-state index contributed by atoms with van der Waals surface area (Å²) in [6.45, 7) is 0. The molecule has 0 atom stereocenters. The van der Waals surface area contributed by atoms with Crippen LogP contribution in [0.2, 0.25) is 0 Å². The SMILES string of the molecule is Brc1ccc(-c2cc(-c3ccc(-c4ccccc4)cc3)nc(-c3ccc(-c4ccccc4)cc3)n2)cc1.Brc1ccc(-c2cc(-c3ccc(-c4ccccc4)cc3)nc(-c3ccc(-c4ccccc4)cc3)n2)cc1. The van der Waals surface area contributed by atoms with Crippen LogP contribution in [-0.4, -0.2) is 19.9 Å². The zero-order valence-electron chi connectivity index (χ0n) is 40.1. The highest BCUT2D eigenvalue weighted by atomic mass is 79.9. The van der Waals surface area contributed by atoms with Crippen LogP contribution in [0.15, 0.2) is 288 Å². The second-order valence-electron chi connectivity index (χ2n) is 17.7. The second kappa shape index (κ2) is 22.4. The molecule has 0 spiro atoms. The summed E-state index contributed by atoms with van der Waals surface area (Å²) in [7, 11) is 0. The Morgan fingerprint density at radius 2 is 0.351 bits per heavy atom. The Morgan fingerprint density at radius 1 is 0.176 bits per heavy atom. The minimum atomic E-state index is 0.710. The molecule has 12 aromatic rings. The predicted molar refractivity (Wildman–Crippen MR) is 314 cm³/mol. The first-order valence-electron chi connectivity index (χ1n) is 24.4. The average Bonchev–Trinajstić information content (AvgIpc) is 3.48. The molecule has 0 N–H and O–H groups in total. The van der Waals surface area contributed by atoms with Gasteiger partial charge in [-0.05, 0) is 80.9 Å². The number of rotatable bonds is 10. The molecule has 6 heteroatoms. The molecule has 0 saturated carbocycles. The Bertz CT molecular complexity index is 3300. The van der Waals surface area contributed by atoms with Crippen LogP contribution >= 0.6 is 31.9 Å². The molecule has 0 saturated heterocycles. The molecule has 0 bridgehead atoms. The summed E-state index contributed by atoms with van der Waals surface area (Å²) >= 11 is 7.08. The Hall–Kier alpha value is -8.68. The van der Waals surface area contributed by atoms with Crippen molar-refractivity contribution in [3.63, 3.8) is 0 Å². The van der Waals surface area contributed by atoms with Gasteiger partial charge < -0.3 is 0 Å². The molecule has 2 aromatic heterocycles. The van der Waals surface area contributed by atoms with Gasteiger partial charge in [0.2, 0.25) is 0 Å². The third-order valence-corrected chi connectivity index (χ3v) is 13.9. The normalized spacial score (nSPS) is 10.8. The van der Waals surface area contributed by atoms with Crippen LogP contribution < -0.4 is 0 Å². The minimum absolute atomic E-state index is 0.710. The topological polar surface area (TPSA) is 51.6 Å². The van der Waals surface area contributed by atoms with Gasteiger partial charge in [-0.25, -0.2) is 19.9 Å². The molecule has 0 amide bonds. The predicted octanol–water partition coefficient (Wildman–Crippen LogP) is 19.1. The van der Waals surface area contributed by atoms with E-state index in [-0.39, 0.29) is 0 Å². The van der Waals surface area contributed by atoms with Gasteiger partial charge in [0, 0.05) is 42.3 Å². The van der Waals surface area contributed by atoms with E-state index in [9.17, 15) is 0 Å². The van der Waals surface area contributed by atoms with Crippen molar-refractivity contribution in [2.45, 2.75) is 0 Å². The van der Waals surface area contributed by atoms with E-state index in [2.05, 4.69) is 262 Å². The first-order chi connectivity index (χ1) is 36.5. The summed E-state index contributed by atoms with van der Waals surface area (Å²) in [6.07, 6.45) is 0. The van der Waals surface area contributed by atoms with Gasteiger partial charge in [-0.2, -0.15) is 0 Å². The standard InChI is InChI=1S/2C34H23BrN2/c2*35-31-21-19-29(20-22-31)33-23-32(28-15-11-26(12-16-28)24-7-3-1-4-8-24)36-34(37-33)30-17-13-27(14-18-30)25-9-5-2-6-10-25/h2*1-23H. The maximum atomic E-state index is 5.00. The molecular formula is C68H46Br2N4. The highest BCUT2D eigenvalue weighted by Crippen LogP contribution is 2.33. The van der Waals surface area contributed by atoms with Crippen molar-refractivity contribution in [2.24, 2.45) is 0 Å². The van der Waals surface area contributed by atoms with Crippen LogP contribution in [0.1, 0.15) is 0 Å². The van der Waals surface area contributed by atoms with Crippen molar-refractivity contribution < 1.29 is 0 Å². The summed E-state index contributed by atoms with van der Waals surface area (Å²) in [6, 6.07) is 96.4. The van der Waals surface area contributed by atoms with E-state index in [1.54, 1.807) is 0 Å². The van der Waals surface area contributed by atoms with Crippen LogP contribution in [0.4, 0.5) is 0 Å². The highest BCUT2D eigenvalue weighted by Gasteiger charge is 2.14. The van der Waals surface area contributed by atoms with Gasteiger partial charge in [0.25, 0.3) is 0 Å². The van der Waals surface area contributed by atoms with Crippen LogP contribution in [0.3, 0.4) is 0 Å². The molecule has 0 aliphatic heterocycles. The van der Waals surface area contributed by atoms with E-state index in [1.807, 2.05) is 48.5 Å². The third kappa shape index (κ3) is 11.3. The second-order valence-corrected chi connectivity index (χ2v) is 19.5. The molecule has 352 valence electrons. The fraction of sp³-hybridized carbons (Fsp3) is 0. The molecule has 0 aliphatic rings. The van der Waals surface area contributed by atoms with Crippen molar-refractivity contribution in [3.05, 3.63) is 288 Å². The number of benzene rings is 10.